The molecule has 0 saturated carbocycles. The van der Waals surface area contributed by atoms with Crippen molar-refractivity contribution in [1.29, 1.82) is 0 Å². The summed E-state index contributed by atoms with van der Waals surface area (Å²) in [5.74, 6) is 0.540. The molecule has 0 aromatic carbocycles. The number of morpholine rings is 1. The highest BCUT2D eigenvalue weighted by molar-refractivity contribution is 5.38. The van der Waals surface area contributed by atoms with Crippen LogP contribution in [0.5, 0.6) is 0 Å². The zero-order chi connectivity index (χ0) is 15.2. The SMILES string of the molecule is CCCNCC1COCCN1c1nccn(C(C)C)c1=O. The Bertz CT molecular complexity index is 501. The third-order valence-electron chi connectivity index (χ3n) is 3.71. The van der Waals surface area contributed by atoms with Gasteiger partial charge in [-0.2, -0.15) is 0 Å². The Morgan fingerprint density at radius 2 is 2.33 bits per heavy atom. The van der Waals surface area contributed by atoms with Crippen LogP contribution in [-0.2, 0) is 4.74 Å². The number of rotatable bonds is 6. The van der Waals surface area contributed by atoms with Crippen LogP contribution >= 0.6 is 0 Å². The third kappa shape index (κ3) is 3.83. The van der Waals surface area contributed by atoms with Crippen molar-refractivity contribution < 1.29 is 4.74 Å². The van der Waals surface area contributed by atoms with Gasteiger partial charge in [-0.3, -0.25) is 4.79 Å². The first-order chi connectivity index (χ1) is 10.1. The lowest BCUT2D eigenvalue weighted by atomic mass is 10.2. The van der Waals surface area contributed by atoms with Gasteiger partial charge in [0.25, 0.3) is 5.56 Å². The molecule has 1 unspecified atom stereocenters. The summed E-state index contributed by atoms with van der Waals surface area (Å²) < 4.78 is 7.29. The Hall–Kier alpha value is -1.40. The van der Waals surface area contributed by atoms with Gasteiger partial charge >= 0.3 is 0 Å². The Morgan fingerprint density at radius 1 is 1.52 bits per heavy atom. The zero-order valence-corrected chi connectivity index (χ0v) is 13.2. The van der Waals surface area contributed by atoms with E-state index in [0.29, 0.717) is 25.6 Å². The van der Waals surface area contributed by atoms with E-state index in [1.807, 2.05) is 13.8 Å². The number of ether oxygens (including phenoxy) is 1. The molecular formula is C15H26N4O2. The maximum atomic E-state index is 12.6. The van der Waals surface area contributed by atoms with Crippen LogP contribution < -0.4 is 15.8 Å². The lowest BCUT2D eigenvalue weighted by molar-refractivity contribution is 0.0931. The summed E-state index contributed by atoms with van der Waals surface area (Å²) >= 11 is 0. The van der Waals surface area contributed by atoms with Gasteiger partial charge in [0.2, 0.25) is 0 Å². The second kappa shape index (κ2) is 7.56. The molecule has 2 rings (SSSR count). The molecule has 21 heavy (non-hydrogen) atoms. The lowest BCUT2D eigenvalue weighted by Gasteiger charge is -2.36. The molecule has 1 N–H and O–H groups in total. The minimum atomic E-state index is -0.0186. The average Bonchev–Trinajstić information content (AvgIpc) is 2.48. The van der Waals surface area contributed by atoms with Crippen LogP contribution in [0.25, 0.3) is 0 Å². The van der Waals surface area contributed by atoms with Crippen LogP contribution in [0, 0.1) is 0 Å². The van der Waals surface area contributed by atoms with E-state index in [1.54, 1.807) is 17.0 Å². The fraction of sp³-hybridized carbons (Fsp3) is 0.733. The van der Waals surface area contributed by atoms with Crippen LogP contribution in [0.2, 0.25) is 0 Å². The van der Waals surface area contributed by atoms with Gasteiger partial charge in [-0.15, -0.1) is 0 Å². The third-order valence-corrected chi connectivity index (χ3v) is 3.71. The fourth-order valence-electron chi connectivity index (χ4n) is 2.57. The highest BCUT2D eigenvalue weighted by Gasteiger charge is 2.26. The van der Waals surface area contributed by atoms with Crippen LogP contribution in [0.15, 0.2) is 17.2 Å². The molecule has 6 nitrogen and oxygen atoms in total. The molecule has 1 aliphatic heterocycles. The van der Waals surface area contributed by atoms with Crippen molar-refractivity contribution in [2.24, 2.45) is 0 Å². The van der Waals surface area contributed by atoms with Crippen LogP contribution in [-0.4, -0.2) is 48.4 Å². The average molecular weight is 294 g/mol. The molecular weight excluding hydrogens is 268 g/mol. The van der Waals surface area contributed by atoms with Crippen LogP contribution in [0.4, 0.5) is 5.82 Å². The Balaban J connectivity index is 2.21. The van der Waals surface area contributed by atoms with Crippen molar-refractivity contribution >= 4 is 5.82 Å². The van der Waals surface area contributed by atoms with E-state index >= 15 is 0 Å². The smallest absolute Gasteiger partial charge is 0.293 e. The number of hydrogen-bond acceptors (Lipinski definition) is 5. The van der Waals surface area contributed by atoms with E-state index in [-0.39, 0.29) is 17.6 Å². The number of nitrogens with zero attached hydrogens (tertiary/aromatic N) is 3. The van der Waals surface area contributed by atoms with Crippen molar-refractivity contribution in [3.63, 3.8) is 0 Å². The van der Waals surface area contributed by atoms with E-state index in [4.69, 9.17) is 4.74 Å². The second-order valence-corrected chi connectivity index (χ2v) is 5.68. The van der Waals surface area contributed by atoms with Gasteiger partial charge in [-0.25, -0.2) is 4.98 Å². The molecule has 0 spiro atoms. The molecule has 2 heterocycles. The van der Waals surface area contributed by atoms with Gasteiger partial charge in [0.15, 0.2) is 5.82 Å². The minimum absolute atomic E-state index is 0.0186. The number of aromatic nitrogens is 2. The molecule has 1 saturated heterocycles. The molecule has 1 aromatic rings. The Kier molecular flexibility index (Phi) is 5.76. The van der Waals surface area contributed by atoms with Crippen LogP contribution in [0.3, 0.4) is 0 Å². The first-order valence-electron chi connectivity index (χ1n) is 7.77. The van der Waals surface area contributed by atoms with Crippen molar-refractivity contribution in [3.8, 4) is 0 Å². The van der Waals surface area contributed by atoms with Gasteiger partial charge < -0.3 is 19.5 Å². The summed E-state index contributed by atoms with van der Waals surface area (Å²) in [6.07, 6.45) is 4.56. The predicted octanol–water partition coefficient (Wildman–Crippen LogP) is 1.03. The molecule has 1 aromatic heterocycles. The monoisotopic (exact) mass is 294 g/mol. The number of nitrogens with one attached hydrogen (secondary N) is 1. The van der Waals surface area contributed by atoms with Gasteiger partial charge in [0.1, 0.15) is 0 Å². The van der Waals surface area contributed by atoms with Crippen molar-refractivity contribution in [3.05, 3.63) is 22.7 Å². The van der Waals surface area contributed by atoms with E-state index in [1.165, 1.54) is 0 Å². The van der Waals surface area contributed by atoms with E-state index in [0.717, 1.165) is 19.5 Å². The fourth-order valence-corrected chi connectivity index (χ4v) is 2.57. The molecule has 1 atom stereocenters. The zero-order valence-electron chi connectivity index (χ0n) is 13.2. The van der Waals surface area contributed by atoms with Gasteiger partial charge in [-0.05, 0) is 26.8 Å². The molecule has 118 valence electrons. The molecule has 1 fully saturated rings. The molecule has 0 amide bonds. The van der Waals surface area contributed by atoms with E-state index < -0.39 is 0 Å². The predicted molar refractivity (Wildman–Crippen MR) is 84.0 cm³/mol. The summed E-state index contributed by atoms with van der Waals surface area (Å²) in [6, 6.07) is 0.297. The highest BCUT2D eigenvalue weighted by Crippen LogP contribution is 2.14. The molecule has 1 aliphatic rings. The quantitative estimate of drug-likeness (QED) is 0.794. The lowest BCUT2D eigenvalue weighted by Crippen LogP contribution is -2.53. The Morgan fingerprint density at radius 3 is 3.05 bits per heavy atom. The maximum Gasteiger partial charge on any atom is 0.293 e. The normalized spacial score (nSPS) is 19.2. The summed E-state index contributed by atoms with van der Waals surface area (Å²) in [6.45, 7) is 9.92. The first-order valence-corrected chi connectivity index (χ1v) is 7.77. The molecule has 6 heteroatoms. The largest absolute Gasteiger partial charge is 0.377 e. The molecule has 0 aliphatic carbocycles. The summed E-state index contributed by atoms with van der Waals surface area (Å²) in [5, 5.41) is 3.40. The minimum Gasteiger partial charge on any atom is -0.377 e. The molecule has 0 bridgehead atoms. The van der Waals surface area contributed by atoms with Crippen molar-refractivity contribution in [1.82, 2.24) is 14.9 Å². The van der Waals surface area contributed by atoms with Crippen molar-refractivity contribution in [2.45, 2.75) is 39.3 Å². The second-order valence-electron chi connectivity index (χ2n) is 5.68. The standard InChI is InChI=1S/C15H26N4O2/c1-4-5-16-10-13-11-21-9-8-19(13)14-15(20)18(12(2)3)7-6-17-14/h6-7,12-13,16H,4-5,8-11H2,1-3H3. The van der Waals surface area contributed by atoms with Crippen LogP contribution in [0.1, 0.15) is 33.2 Å². The highest BCUT2D eigenvalue weighted by atomic mass is 16.5. The number of hydrogen-bond donors (Lipinski definition) is 1. The summed E-state index contributed by atoms with van der Waals surface area (Å²) in [5.41, 5.74) is -0.0186. The van der Waals surface area contributed by atoms with E-state index in [2.05, 4.69) is 22.1 Å². The van der Waals surface area contributed by atoms with E-state index in [9.17, 15) is 4.79 Å². The topological polar surface area (TPSA) is 59.4 Å². The summed E-state index contributed by atoms with van der Waals surface area (Å²) in [4.78, 5) is 19.0. The summed E-state index contributed by atoms with van der Waals surface area (Å²) in [7, 11) is 0. The maximum absolute atomic E-state index is 12.6. The number of anilines is 1. The first kappa shape index (κ1) is 16.0. The van der Waals surface area contributed by atoms with Crippen molar-refractivity contribution in [2.75, 3.05) is 37.7 Å². The van der Waals surface area contributed by atoms with Gasteiger partial charge in [-0.1, -0.05) is 6.92 Å². The molecule has 0 radical (unpaired) electrons. The van der Waals surface area contributed by atoms with Gasteiger partial charge in [0, 0.05) is 31.5 Å². The Labute approximate surface area is 126 Å². The van der Waals surface area contributed by atoms with Gasteiger partial charge in [0.05, 0.1) is 19.3 Å².